The third-order valence-electron chi connectivity index (χ3n) is 4.77. The largest absolute Gasteiger partial charge is 0.353 e. The van der Waals surface area contributed by atoms with Gasteiger partial charge in [-0.05, 0) is 50.3 Å². The maximum Gasteiger partial charge on any atom is 0.232 e. The van der Waals surface area contributed by atoms with Gasteiger partial charge < -0.3 is 5.32 Å². The molecule has 0 atom stereocenters. The fourth-order valence-electron chi connectivity index (χ4n) is 3.38. The Bertz CT molecular complexity index is 695. The molecule has 0 aliphatic heterocycles. The van der Waals surface area contributed by atoms with Crippen molar-refractivity contribution in [3.8, 4) is 0 Å². The molecule has 1 amide bonds. The SMILES string of the molecule is Cc1ccc(C)c(N(CCCC(=O)NC2CCCCC2)S(C)(=O)=O)c1. The van der Waals surface area contributed by atoms with Gasteiger partial charge in [0.25, 0.3) is 0 Å². The second-order valence-electron chi connectivity index (χ2n) is 7.13. The molecule has 0 unspecified atom stereocenters. The van der Waals surface area contributed by atoms with E-state index < -0.39 is 10.0 Å². The van der Waals surface area contributed by atoms with Crippen LogP contribution in [0.4, 0.5) is 5.69 Å². The summed E-state index contributed by atoms with van der Waals surface area (Å²) in [5, 5.41) is 3.08. The minimum atomic E-state index is -3.38. The van der Waals surface area contributed by atoms with Crippen LogP contribution in [0.25, 0.3) is 0 Å². The molecule has 0 heterocycles. The molecule has 25 heavy (non-hydrogen) atoms. The number of carbonyl (C=O) groups excluding carboxylic acids is 1. The minimum absolute atomic E-state index is 0.0290. The van der Waals surface area contributed by atoms with E-state index in [1.807, 2.05) is 32.0 Å². The lowest BCUT2D eigenvalue weighted by atomic mass is 9.95. The number of hydrogen-bond donors (Lipinski definition) is 1. The van der Waals surface area contributed by atoms with Gasteiger partial charge in [0.1, 0.15) is 0 Å². The van der Waals surface area contributed by atoms with Crippen LogP contribution in [0.2, 0.25) is 0 Å². The highest BCUT2D eigenvalue weighted by Gasteiger charge is 2.20. The van der Waals surface area contributed by atoms with E-state index in [1.165, 1.54) is 29.8 Å². The lowest BCUT2D eigenvalue weighted by Crippen LogP contribution is -2.37. The number of benzene rings is 1. The molecule has 0 aromatic heterocycles. The first kappa shape index (κ1) is 19.8. The Morgan fingerprint density at radius 2 is 1.88 bits per heavy atom. The van der Waals surface area contributed by atoms with E-state index in [0.717, 1.165) is 24.0 Å². The van der Waals surface area contributed by atoms with Crippen molar-refractivity contribution in [3.63, 3.8) is 0 Å². The molecule has 1 fully saturated rings. The van der Waals surface area contributed by atoms with Crippen molar-refractivity contribution in [2.45, 2.75) is 64.8 Å². The van der Waals surface area contributed by atoms with Crippen LogP contribution in [0.15, 0.2) is 18.2 Å². The minimum Gasteiger partial charge on any atom is -0.353 e. The molecule has 0 saturated heterocycles. The average Bonchev–Trinajstić information content (AvgIpc) is 2.54. The van der Waals surface area contributed by atoms with E-state index in [9.17, 15) is 13.2 Å². The quantitative estimate of drug-likeness (QED) is 0.805. The lowest BCUT2D eigenvalue weighted by Gasteiger charge is -2.25. The van der Waals surface area contributed by atoms with E-state index >= 15 is 0 Å². The molecule has 1 aliphatic carbocycles. The van der Waals surface area contributed by atoms with Gasteiger partial charge >= 0.3 is 0 Å². The summed E-state index contributed by atoms with van der Waals surface area (Å²) in [4.78, 5) is 12.1. The number of amides is 1. The number of nitrogens with one attached hydrogen (secondary N) is 1. The van der Waals surface area contributed by atoms with Crippen molar-refractivity contribution in [3.05, 3.63) is 29.3 Å². The molecule has 1 N–H and O–H groups in total. The highest BCUT2D eigenvalue weighted by atomic mass is 32.2. The van der Waals surface area contributed by atoms with Gasteiger partial charge in [0.2, 0.25) is 15.9 Å². The van der Waals surface area contributed by atoms with Crippen LogP contribution in [-0.2, 0) is 14.8 Å². The van der Waals surface area contributed by atoms with Gasteiger partial charge in [0.15, 0.2) is 0 Å². The van der Waals surface area contributed by atoms with Crippen molar-refractivity contribution >= 4 is 21.6 Å². The van der Waals surface area contributed by atoms with Crippen LogP contribution in [0, 0.1) is 13.8 Å². The van der Waals surface area contributed by atoms with E-state index in [-0.39, 0.29) is 5.91 Å². The van der Waals surface area contributed by atoms with Crippen LogP contribution in [-0.4, -0.2) is 33.2 Å². The zero-order chi connectivity index (χ0) is 18.4. The van der Waals surface area contributed by atoms with E-state index in [4.69, 9.17) is 0 Å². The first-order valence-corrected chi connectivity index (χ1v) is 11.0. The first-order valence-electron chi connectivity index (χ1n) is 9.11. The van der Waals surface area contributed by atoms with Crippen LogP contribution < -0.4 is 9.62 Å². The monoisotopic (exact) mass is 366 g/mol. The lowest BCUT2D eigenvalue weighted by molar-refractivity contribution is -0.122. The Hall–Kier alpha value is -1.56. The maximum absolute atomic E-state index is 12.2. The Balaban J connectivity index is 1.94. The van der Waals surface area contributed by atoms with Crippen LogP contribution in [0.5, 0.6) is 0 Å². The standard InChI is InChI=1S/C19H30N2O3S/c1-15-11-12-16(2)18(14-15)21(25(3,23)24)13-7-10-19(22)20-17-8-5-4-6-9-17/h11-12,14,17H,4-10,13H2,1-3H3,(H,20,22). The van der Waals surface area contributed by atoms with Gasteiger partial charge in [-0.3, -0.25) is 9.10 Å². The van der Waals surface area contributed by atoms with Crippen molar-refractivity contribution in [2.24, 2.45) is 0 Å². The summed E-state index contributed by atoms with van der Waals surface area (Å²) in [6.07, 6.45) is 7.82. The molecule has 0 radical (unpaired) electrons. The number of sulfonamides is 1. The van der Waals surface area contributed by atoms with Crippen molar-refractivity contribution < 1.29 is 13.2 Å². The molecule has 0 bridgehead atoms. The van der Waals surface area contributed by atoms with E-state index in [0.29, 0.717) is 31.1 Å². The molecule has 5 nitrogen and oxygen atoms in total. The number of aryl methyl sites for hydroxylation is 2. The van der Waals surface area contributed by atoms with Crippen molar-refractivity contribution in [2.75, 3.05) is 17.1 Å². The fraction of sp³-hybridized carbons (Fsp3) is 0.632. The van der Waals surface area contributed by atoms with Gasteiger partial charge in [-0.2, -0.15) is 0 Å². The van der Waals surface area contributed by atoms with Gasteiger partial charge in [-0.25, -0.2) is 8.42 Å². The van der Waals surface area contributed by atoms with Crippen molar-refractivity contribution in [1.29, 1.82) is 0 Å². The van der Waals surface area contributed by atoms with Gasteiger partial charge in [-0.1, -0.05) is 31.4 Å². The zero-order valence-electron chi connectivity index (χ0n) is 15.5. The highest BCUT2D eigenvalue weighted by molar-refractivity contribution is 7.92. The number of hydrogen-bond acceptors (Lipinski definition) is 3. The third kappa shape index (κ3) is 6.03. The maximum atomic E-state index is 12.2. The smallest absolute Gasteiger partial charge is 0.232 e. The predicted molar refractivity (Wildman–Crippen MR) is 102 cm³/mol. The van der Waals surface area contributed by atoms with Crippen LogP contribution >= 0.6 is 0 Å². The van der Waals surface area contributed by atoms with E-state index in [2.05, 4.69) is 5.32 Å². The Labute approximate surface area is 151 Å². The highest BCUT2D eigenvalue weighted by Crippen LogP contribution is 2.24. The van der Waals surface area contributed by atoms with Crippen molar-refractivity contribution in [1.82, 2.24) is 5.32 Å². The summed E-state index contributed by atoms with van der Waals surface area (Å²) in [6.45, 7) is 4.17. The fourth-order valence-corrected chi connectivity index (χ4v) is 4.40. The summed E-state index contributed by atoms with van der Waals surface area (Å²) in [5.74, 6) is 0.0290. The molecular weight excluding hydrogens is 336 g/mol. The number of anilines is 1. The summed E-state index contributed by atoms with van der Waals surface area (Å²) in [7, 11) is -3.38. The number of rotatable bonds is 7. The van der Waals surface area contributed by atoms with E-state index in [1.54, 1.807) is 0 Å². The molecule has 6 heteroatoms. The Morgan fingerprint density at radius 1 is 1.20 bits per heavy atom. The van der Waals surface area contributed by atoms with Crippen LogP contribution in [0.3, 0.4) is 0 Å². The van der Waals surface area contributed by atoms with Gasteiger partial charge in [0.05, 0.1) is 11.9 Å². The summed E-state index contributed by atoms with van der Waals surface area (Å²) in [5.41, 5.74) is 2.64. The second kappa shape index (κ2) is 8.70. The summed E-state index contributed by atoms with van der Waals surface area (Å²) < 4.78 is 25.8. The third-order valence-corrected chi connectivity index (χ3v) is 5.95. The van der Waals surface area contributed by atoms with Gasteiger partial charge in [-0.15, -0.1) is 0 Å². The molecule has 1 saturated carbocycles. The Kier molecular flexibility index (Phi) is 6.87. The molecule has 1 aromatic rings. The zero-order valence-corrected chi connectivity index (χ0v) is 16.4. The number of carbonyl (C=O) groups is 1. The predicted octanol–water partition coefficient (Wildman–Crippen LogP) is 3.30. The topological polar surface area (TPSA) is 66.5 Å². The summed E-state index contributed by atoms with van der Waals surface area (Å²) >= 11 is 0. The Morgan fingerprint density at radius 3 is 2.52 bits per heavy atom. The normalized spacial score (nSPS) is 15.8. The molecule has 1 aromatic carbocycles. The molecule has 2 rings (SSSR count). The average molecular weight is 367 g/mol. The number of nitrogens with zero attached hydrogens (tertiary/aromatic N) is 1. The molecular formula is C19H30N2O3S. The molecule has 0 spiro atoms. The summed E-state index contributed by atoms with van der Waals surface area (Å²) in [6, 6.07) is 6.08. The van der Waals surface area contributed by atoms with Gasteiger partial charge in [0, 0.05) is 19.0 Å². The molecule has 140 valence electrons. The molecule has 1 aliphatic rings. The van der Waals surface area contributed by atoms with Crippen LogP contribution in [0.1, 0.15) is 56.1 Å². The first-order chi connectivity index (χ1) is 11.8. The second-order valence-corrected chi connectivity index (χ2v) is 9.04.